The lowest BCUT2D eigenvalue weighted by molar-refractivity contribution is -0.118. The Morgan fingerprint density at radius 3 is 2.48 bits per heavy atom. The largest absolute Gasteiger partial charge is 0.462 e. The maximum atomic E-state index is 12.8. The van der Waals surface area contributed by atoms with Gasteiger partial charge in [0.1, 0.15) is 5.00 Å². The summed E-state index contributed by atoms with van der Waals surface area (Å²) in [4.78, 5) is 28.8. The van der Waals surface area contributed by atoms with Crippen molar-refractivity contribution in [3.05, 3.63) is 16.0 Å². The Labute approximate surface area is 153 Å². The molecule has 0 saturated heterocycles. The molecule has 1 aromatic heterocycles. The van der Waals surface area contributed by atoms with E-state index in [9.17, 15) is 9.59 Å². The fourth-order valence-electron chi connectivity index (χ4n) is 4.07. The molecule has 0 bridgehead atoms. The molecule has 1 fully saturated rings. The molecule has 0 atom stereocenters. The number of hydrogen-bond acceptors (Lipinski definition) is 5. The first-order chi connectivity index (χ1) is 11.6. The lowest BCUT2D eigenvalue weighted by Gasteiger charge is -2.22. The van der Waals surface area contributed by atoms with Crippen LogP contribution in [0.5, 0.6) is 0 Å². The zero-order valence-electron chi connectivity index (χ0n) is 16.0. The predicted molar refractivity (Wildman–Crippen MR) is 100.0 cm³/mol. The highest BCUT2D eigenvalue weighted by Crippen LogP contribution is 2.68. The minimum Gasteiger partial charge on any atom is -0.462 e. The van der Waals surface area contributed by atoms with Gasteiger partial charge in [0.25, 0.3) is 0 Å². The lowest BCUT2D eigenvalue weighted by atomic mass is 10.0. The molecule has 0 radical (unpaired) electrons. The average Bonchev–Trinajstić information content (AvgIpc) is 2.76. The minimum atomic E-state index is -0.325. The van der Waals surface area contributed by atoms with Crippen LogP contribution in [0.25, 0.3) is 0 Å². The molecule has 1 aromatic rings. The van der Waals surface area contributed by atoms with Gasteiger partial charge in [-0.25, -0.2) is 4.79 Å². The van der Waals surface area contributed by atoms with Crippen molar-refractivity contribution in [2.75, 3.05) is 25.5 Å². The van der Waals surface area contributed by atoms with Crippen LogP contribution in [-0.4, -0.2) is 37.0 Å². The molecular weight excluding hydrogens is 336 g/mol. The number of likely N-dealkylation sites (N-methyl/N-ethyl adjacent to an activating group) is 1. The normalized spacial score (nSPS) is 21.5. The first-order valence-corrected chi connectivity index (χ1v) is 9.74. The second-order valence-corrected chi connectivity index (χ2v) is 9.39. The Morgan fingerprint density at radius 1 is 1.28 bits per heavy atom. The van der Waals surface area contributed by atoms with Crippen molar-refractivity contribution >= 4 is 28.2 Å². The number of anilines is 1. The molecule has 0 spiro atoms. The van der Waals surface area contributed by atoms with E-state index in [0.29, 0.717) is 17.2 Å². The third-order valence-electron chi connectivity index (χ3n) is 6.25. The molecule has 1 aliphatic carbocycles. The van der Waals surface area contributed by atoms with Crippen LogP contribution >= 0.6 is 11.3 Å². The summed E-state index contributed by atoms with van der Waals surface area (Å²) in [5.74, 6) is -0.362. The Hall–Kier alpha value is -1.40. The van der Waals surface area contributed by atoms with E-state index in [1.54, 1.807) is 6.92 Å². The first kappa shape index (κ1) is 18.4. The number of fused-ring (bicyclic) bond motifs is 1. The van der Waals surface area contributed by atoms with E-state index in [1.165, 1.54) is 11.3 Å². The van der Waals surface area contributed by atoms with E-state index in [2.05, 4.69) is 45.0 Å². The second kappa shape index (κ2) is 6.09. The standard InChI is InChI=1S/C19H28N2O3S/c1-7-24-17(23)13-11-8-9-21(6)10-12(11)25-16(13)20-15(22)14-18(2,3)19(14,4)5/h14H,7-10H2,1-6H3,(H,20,22). The highest BCUT2D eigenvalue weighted by molar-refractivity contribution is 7.17. The summed E-state index contributed by atoms with van der Waals surface area (Å²) in [7, 11) is 2.07. The zero-order chi connectivity index (χ0) is 18.6. The molecule has 1 aliphatic heterocycles. The summed E-state index contributed by atoms with van der Waals surface area (Å²) in [5, 5.41) is 3.71. The average molecular weight is 365 g/mol. The highest BCUT2D eigenvalue weighted by Gasteiger charge is 2.68. The number of hydrogen-bond donors (Lipinski definition) is 1. The van der Waals surface area contributed by atoms with Gasteiger partial charge in [0.15, 0.2) is 0 Å². The summed E-state index contributed by atoms with van der Waals surface area (Å²) in [6.07, 6.45) is 0.812. The van der Waals surface area contributed by atoms with Crippen molar-refractivity contribution in [1.29, 1.82) is 0 Å². The Bertz CT molecular complexity index is 706. The molecule has 6 heteroatoms. The number of nitrogens with one attached hydrogen (secondary N) is 1. The number of thiophene rings is 1. The van der Waals surface area contributed by atoms with Crippen molar-refractivity contribution in [2.45, 2.75) is 47.6 Å². The molecule has 3 rings (SSSR count). The first-order valence-electron chi connectivity index (χ1n) is 8.92. The van der Waals surface area contributed by atoms with Gasteiger partial charge in [0.05, 0.1) is 12.2 Å². The fraction of sp³-hybridized carbons (Fsp3) is 0.684. The summed E-state index contributed by atoms with van der Waals surface area (Å²) in [5.41, 5.74) is 1.56. The van der Waals surface area contributed by atoms with Crippen LogP contribution < -0.4 is 5.32 Å². The van der Waals surface area contributed by atoms with E-state index >= 15 is 0 Å². The topological polar surface area (TPSA) is 58.6 Å². The molecule has 1 saturated carbocycles. The Kier molecular flexibility index (Phi) is 4.48. The van der Waals surface area contributed by atoms with Gasteiger partial charge in [-0.05, 0) is 36.8 Å². The van der Waals surface area contributed by atoms with Crippen LogP contribution in [0.3, 0.4) is 0 Å². The van der Waals surface area contributed by atoms with Crippen molar-refractivity contribution in [3.63, 3.8) is 0 Å². The van der Waals surface area contributed by atoms with Crippen molar-refractivity contribution in [3.8, 4) is 0 Å². The maximum absolute atomic E-state index is 12.8. The molecule has 0 aromatic carbocycles. The van der Waals surface area contributed by atoms with E-state index in [1.807, 2.05) is 0 Å². The Balaban J connectivity index is 1.91. The van der Waals surface area contributed by atoms with Gasteiger partial charge in [-0.3, -0.25) is 4.79 Å². The number of esters is 1. The number of amides is 1. The van der Waals surface area contributed by atoms with Crippen molar-refractivity contribution in [2.24, 2.45) is 16.7 Å². The van der Waals surface area contributed by atoms with Gasteiger partial charge in [0, 0.05) is 23.9 Å². The lowest BCUT2D eigenvalue weighted by Crippen LogP contribution is -2.26. The smallest absolute Gasteiger partial charge is 0.341 e. The van der Waals surface area contributed by atoms with Crippen LogP contribution in [0.15, 0.2) is 0 Å². The molecule has 25 heavy (non-hydrogen) atoms. The maximum Gasteiger partial charge on any atom is 0.341 e. The number of nitrogens with zero attached hydrogens (tertiary/aromatic N) is 1. The Morgan fingerprint density at radius 2 is 1.92 bits per heavy atom. The van der Waals surface area contributed by atoms with Gasteiger partial charge < -0.3 is 15.0 Å². The number of carbonyl (C=O) groups is 2. The van der Waals surface area contributed by atoms with Crippen LogP contribution in [0.2, 0.25) is 0 Å². The van der Waals surface area contributed by atoms with Crippen molar-refractivity contribution in [1.82, 2.24) is 4.90 Å². The molecular formula is C19H28N2O3S. The molecule has 2 aliphatic rings. The van der Waals surface area contributed by atoms with E-state index in [4.69, 9.17) is 4.74 Å². The number of carbonyl (C=O) groups excluding carboxylic acids is 2. The summed E-state index contributed by atoms with van der Waals surface area (Å²) >= 11 is 1.52. The van der Waals surface area contributed by atoms with Gasteiger partial charge in [-0.2, -0.15) is 0 Å². The molecule has 5 nitrogen and oxygen atoms in total. The number of ether oxygens (including phenoxy) is 1. The monoisotopic (exact) mass is 364 g/mol. The van der Waals surface area contributed by atoms with Crippen LogP contribution in [0, 0.1) is 16.7 Å². The molecule has 1 N–H and O–H groups in total. The van der Waals surface area contributed by atoms with E-state index < -0.39 is 0 Å². The third-order valence-corrected chi connectivity index (χ3v) is 7.38. The zero-order valence-corrected chi connectivity index (χ0v) is 16.8. The minimum absolute atomic E-state index is 0.00694. The van der Waals surface area contributed by atoms with E-state index in [-0.39, 0.29) is 28.6 Å². The van der Waals surface area contributed by atoms with Crippen LogP contribution in [-0.2, 0) is 22.5 Å². The molecule has 138 valence electrons. The number of rotatable bonds is 4. The van der Waals surface area contributed by atoms with Crippen LogP contribution in [0.1, 0.15) is 55.4 Å². The summed E-state index contributed by atoms with van der Waals surface area (Å²) in [6, 6.07) is 0. The van der Waals surface area contributed by atoms with Gasteiger partial charge in [0.2, 0.25) is 5.91 Å². The summed E-state index contributed by atoms with van der Waals surface area (Å²) < 4.78 is 5.26. The third kappa shape index (κ3) is 2.89. The van der Waals surface area contributed by atoms with Crippen molar-refractivity contribution < 1.29 is 14.3 Å². The van der Waals surface area contributed by atoms with Crippen LogP contribution in [0.4, 0.5) is 5.00 Å². The second-order valence-electron chi connectivity index (χ2n) is 8.28. The fourth-order valence-corrected chi connectivity index (χ4v) is 5.39. The predicted octanol–water partition coefficient (Wildman–Crippen LogP) is 3.53. The van der Waals surface area contributed by atoms with Gasteiger partial charge in [-0.1, -0.05) is 27.7 Å². The molecule has 0 unspecified atom stereocenters. The van der Waals surface area contributed by atoms with E-state index in [0.717, 1.165) is 30.0 Å². The molecule has 2 heterocycles. The molecule has 1 amide bonds. The SMILES string of the molecule is CCOC(=O)c1c(NC(=O)C2C(C)(C)C2(C)C)sc2c1CCN(C)C2. The van der Waals surface area contributed by atoms with Gasteiger partial charge in [-0.15, -0.1) is 11.3 Å². The quantitative estimate of drug-likeness (QED) is 0.831. The van der Waals surface area contributed by atoms with Gasteiger partial charge >= 0.3 is 5.97 Å². The highest BCUT2D eigenvalue weighted by atomic mass is 32.1. The summed E-state index contributed by atoms with van der Waals surface area (Å²) in [6.45, 7) is 12.3.